The summed E-state index contributed by atoms with van der Waals surface area (Å²) in [6, 6.07) is 5.27. The van der Waals surface area contributed by atoms with Crippen LogP contribution in [0.5, 0.6) is 11.5 Å². The van der Waals surface area contributed by atoms with Crippen LogP contribution in [0, 0.1) is 0 Å². The normalized spacial score (nSPS) is 10.1. The van der Waals surface area contributed by atoms with Crippen LogP contribution in [-0.2, 0) is 0 Å². The zero-order valence-electron chi connectivity index (χ0n) is 11.8. The second kappa shape index (κ2) is 8.37. The van der Waals surface area contributed by atoms with Crippen molar-refractivity contribution in [2.45, 2.75) is 13.3 Å². The summed E-state index contributed by atoms with van der Waals surface area (Å²) in [5, 5.41) is 6.07. The number of rotatable bonds is 8. The molecule has 0 spiro atoms. The van der Waals surface area contributed by atoms with E-state index in [1.807, 2.05) is 0 Å². The highest BCUT2D eigenvalue weighted by atomic mass is 16.5. The first-order valence-electron chi connectivity index (χ1n) is 6.44. The van der Waals surface area contributed by atoms with E-state index in [1.165, 1.54) is 14.2 Å². The Hall–Kier alpha value is -1.75. The summed E-state index contributed by atoms with van der Waals surface area (Å²) in [5.41, 5.74) is 0.433. The summed E-state index contributed by atoms with van der Waals surface area (Å²) in [6.45, 7) is 4.37. The van der Waals surface area contributed by atoms with Gasteiger partial charge in [-0.2, -0.15) is 0 Å². The van der Waals surface area contributed by atoms with E-state index in [0.29, 0.717) is 23.6 Å². The molecule has 0 aromatic heterocycles. The molecule has 5 nitrogen and oxygen atoms in total. The fourth-order valence-corrected chi connectivity index (χ4v) is 1.73. The van der Waals surface area contributed by atoms with Crippen LogP contribution in [0.15, 0.2) is 18.2 Å². The molecule has 106 valence electrons. The number of carbonyl (C=O) groups excluding carboxylic acids is 1. The highest BCUT2D eigenvalue weighted by Gasteiger charge is 2.17. The lowest BCUT2D eigenvalue weighted by Gasteiger charge is -2.13. The quantitative estimate of drug-likeness (QED) is 0.699. The summed E-state index contributed by atoms with van der Waals surface area (Å²) in [4.78, 5) is 12.1. The topological polar surface area (TPSA) is 59.6 Å². The maximum Gasteiger partial charge on any atom is 0.258 e. The number of carbonyl (C=O) groups is 1. The number of nitrogens with one attached hydrogen (secondary N) is 2. The molecule has 1 amide bonds. The van der Waals surface area contributed by atoms with E-state index < -0.39 is 0 Å². The molecule has 1 aromatic carbocycles. The Morgan fingerprint density at radius 1 is 1.11 bits per heavy atom. The predicted molar refractivity (Wildman–Crippen MR) is 75.0 cm³/mol. The van der Waals surface area contributed by atoms with Crippen LogP contribution in [0.4, 0.5) is 0 Å². The third kappa shape index (κ3) is 4.44. The molecule has 19 heavy (non-hydrogen) atoms. The highest BCUT2D eigenvalue weighted by molar-refractivity contribution is 5.99. The maximum absolute atomic E-state index is 12.1. The smallest absolute Gasteiger partial charge is 0.258 e. The summed E-state index contributed by atoms with van der Waals surface area (Å²) in [6.07, 6.45) is 1.08. The van der Waals surface area contributed by atoms with Crippen LogP contribution in [0.1, 0.15) is 23.7 Å². The lowest BCUT2D eigenvalue weighted by molar-refractivity contribution is 0.0947. The minimum absolute atomic E-state index is 0.187. The molecule has 0 saturated heterocycles. The van der Waals surface area contributed by atoms with Crippen LogP contribution in [-0.4, -0.2) is 39.8 Å². The number of methoxy groups -OCH3 is 2. The molecule has 2 N–H and O–H groups in total. The zero-order chi connectivity index (χ0) is 14.1. The van der Waals surface area contributed by atoms with Crippen molar-refractivity contribution in [3.63, 3.8) is 0 Å². The summed E-state index contributed by atoms with van der Waals surface area (Å²) in [5.74, 6) is 0.837. The SMILES string of the molecule is CCCNCCNC(=O)c1c(OC)cccc1OC. The Labute approximate surface area is 114 Å². The molecule has 0 bridgehead atoms. The van der Waals surface area contributed by atoms with Crippen molar-refractivity contribution >= 4 is 5.91 Å². The van der Waals surface area contributed by atoms with Crippen molar-refractivity contribution in [2.75, 3.05) is 33.9 Å². The lowest BCUT2D eigenvalue weighted by Crippen LogP contribution is -2.32. The number of hydrogen-bond acceptors (Lipinski definition) is 4. The van der Waals surface area contributed by atoms with Crippen molar-refractivity contribution in [1.82, 2.24) is 10.6 Å². The predicted octanol–water partition coefficient (Wildman–Crippen LogP) is 1.43. The van der Waals surface area contributed by atoms with E-state index >= 15 is 0 Å². The van der Waals surface area contributed by atoms with E-state index in [2.05, 4.69) is 17.6 Å². The van der Waals surface area contributed by atoms with Gasteiger partial charge < -0.3 is 20.1 Å². The molecule has 0 aliphatic heterocycles. The second-order valence-corrected chi connectivity index (χ2v) is 4.04. The third-order valence-corrected chi connectivity index (χ3v) is 2.67. The zero-order valence-corrected chi connectivity index (χ0v) is 11.8. The van der Waals surface area contributed by atoms with Crippen molar-refractivity contribution in [2.24, 2.45) is 0 Å². The number of hydrogen-bond donors (Lipinski definition) is 2. The van der Waals surface area contributed by atoms with Gasteiger partial charge in [0.1, 0.15) is 17.1 Å². The fraction of sp³-hybridized carbons (Fsp3) is 0.500. The molecule has 0 aliphatic rings. The highest BCUT2D eigenvalue weighted by Crippen LogP contribution is 2.27. The Morgan fingerprint density at radius 3 is 2.26 bits per heavy atom. The van der Waals surface area contributed by atoms with Crippen LogP contribution < -0.4 is 20.1 Å². The molecule has 0 heterocycles. The average molecular weight is 266 g/mol. The molecule has 0 atom stereocenters. The first-order chi connectivity index (χ1) is 9.24. The molecular weight excluding hydrogens is 244 g/mol. The van der Waals surface area contributed by atoms with E-state index in [9.17, 15) is 4.79 Å². The minimum Gasteiger partial charge on any atom is -0.496 e. The average Bonchev–Trinajstić information content (AvgIpc) is 2.45. The molecular formula is C14H22N2O3. The maximum atomic E-state index is 12.1. The minimum atomic E-state index is -0.187. The third-order valence-electron chi connectivity index (χ3n) is 2.67. The molecule has 0 aliphatic carbocycles. The summed E-state index contributed by atoms with van der Waals surface area (Å²) < 4.78 is 10.4. The Kier molecular flexibility index (Phi) is 6.74. The van der Waals surface area contributed by atoms with Crippen molar-refractivity contribution in [1.29, 1.82) is 0 Å². The summed E-state index contributed by atoms with van der Waals surface area (Å²) in [7, 11) is 3.07. The van der Waals surface area contributed by atoms with Crippen molar-refractivity contribution in [3.05, 3.63) is 23.8 Å². The molecule has 0 fully saturated rings. The van der Waals surface area contributed by atoms with Crippen molar-refractivity contribution in [3.8, 4) is 11.5 Å². The van der Waals surface area contributed by atoms with Crippen LogP contribution in [0.2, 0.25) is 0 Å². The monoisotopic (exact) mass is 266 g/mol. The molecule has 5 heteroatoms. The first kappa shape index (κ1) is 15.3. The number of ether oxygens (including phenoxy) is 2. The largest absolute Gasteiger partial charge is 0.496 e. The van der Waals surface area contributed by atoms with Gasteiger partial charge in [-0.05, 0) is 25.1 Å². The van der Waals surface area contributed by atoms with Gasteiger partial charge in [-0.15, -0.1) is 0 Å². The second-order valence-electron chi connectivity index (χ2n) is 4.04. The van der Waals surface area contributed by atoms with Gasteiger partial charge >= 0.3 is 0 Å². The fourth-order valence-electron chi connectivity index (χ4n) is 1.73. The van der Waals surface area contributed by atoms with Gasteiger partial charge in [0, 0.05) is 13.1 Å². The van der Waals surface area contributed by atoms with E-state index in [1.54, 1.807) is 18.2 Å². The van der Waals surface area contributed by atoms with Crippen molar-refractivity contribution < 1.29 is 14.3 Å². The lowest BCUT2D eigenvalue weighted by atomic mass is 10.1. The van der Waals surface area contributed by atoms with Gasteiger partial charge in [-0.1, -0.05) is 13.0 Å². The molecule has 0 radical (unpaired) electrons. The van der Waals surface area contributed by atoms with Gasteiger partial charge in [0.2, 0.25) is 0 Å². The first-order valence-corrected chi connectivity index (χ1v) is 6.44. The van der Waals surface area contributed by atoms with E-state index in [0.717, 1.165) is 19.5 Å². The number of benzene rings is 1. The Morgan fingerprint density at radius 2 is 1.74 bits per heavy atom. The molecule has 0 saturated carbocycles. The van der Waals surface area contributed by atoms with Crippen LogP contribution in [0.3, 0.4) is 0 Å². The van der Waals surface area contributed by atoms with E-state index in [-0.39, 0.29) is 5.91 Å². The van der Waals surface area contributed by atoms with Gasteiger partial charge in [-0.25, -0.2) is 0 Å². The standard InChI is InChI=1S/C14H22N2O3/c1-4-8-15-9-10-16-14(17)13-11(18-2)6-5-7-12(13)19-3/h5-7,15H,4,8-10H2,1-3H3,(H,16,17). The van der Waals surface area contributed by atoms with Gasteiger partial charge in [0.05, 0.1) is 14.2 Å². The van der Waals surface area contributed by atoms with Gasteiger partial charge in [0.15, 0.2) is 0 Å². The Bertz CT molecular complexity index is 385. The molecule has 1 aromatic rings. The Balaban J connectivity index is 2.65. The van der Waals surface area contributed by atoms with Crippen LogP contribution >= 0.6 is 0 Å². The van der Waals surface area contributed by atoms with Gasteiger partial charge in [0.25, 0.3) is 5.91 Å². The summed E-state index contributed by atoms with van der Waals surface area (Å²) >= 11 is 0. The van der Waals surface area contributed by atoms with Gasteiger partial charge in [-0.3, -0.25) is 4.79 Å². The molecule has 0 unspecified atom stereocenters. The van der Waals surface area contributed by atoms with Crippen LogP contribution in [0.25, 0.3) is 0 Å². The molecule has 1 rings (SSSR count). The number of amides is 1. The van der Waals surface area contributed by atoms with E-state index in [4.69, 9.17) is 9.47 Å².